The molecule has 1 saturated heterocycles. The molecule has 1 unspecified atom stereocenters. The number of hydrogen-bond acceptors (Lipinski definition) is 7. The van der Waals surface area contributed by atoms with Crippen LogP contribution in [0.4, 0.5) is 10.5 Å². The minimum Gasteiger partial charge on any atom is -0.472 e. The molecule has 1 aromatic carbocycles. The van der Waals surface area contributed by atoms with Gasteiger partial charge in [-0.25, -0.2) is 9.78 Å². The number of hydrogen-bond donors (Lipinski definition) is 1. The molecule has 3 heterocycles. The van der Waals surface area contributed by atoms with E-state index in [0.717, 1.165) is 5.56 Å². The van der Waals surface area contributed by atoms with Gasteiger partial charge in [0.15, 0.2) is 0 Å². The summed E-state index contributed by atoms with van der Waals surface area (Å²) in [5.74, 6) is 1.40. The van der Waals surface area contributed by atoms with Gasteiger partial charge in [0.25, 0.3) is 0 Å². The number of benzene rings is 1. The number of rotatable bonds is 4. The normalized spacial score (nSPS) is 15.7. The first kappa shape index (κ1) is 18.4. The summed E-state index contributed by atoms with van der Waals surface area (Å²) in [6.07, 6.45) is 2.03. The van der Waals surface area contributed by atoms with Crippen molar-refractivity contribution in [2.45, 2.75) is 19.4 Å². The monoisotopic (exact) mass is 390 g/mol. The van der Waals surface area contributed by atoms with Crippen molar-refractivity contribution in [1.82, 2.24) is 20.0 Å². The third-order valence-corrected chi connectivity index (χ3v) is 4.48. The number of aryl methyl sites for hydroxylation is 1. The number of pyridine rings is 1. The molecule has 9 heteroatoms. The molecule has 0 bridgehead atoms. The van der Waals surface area contributed by atoms with Crippen LogP contribution in [0.2, 0.25) is 0 Å². The topological polar surface area (TPSA) is 117 Å². The van der Waals surface area contributed by atoms with Gasteiger partial charge in [-0.2, -0.15) is 10.2 Å². The van der Waals surface area contributed by atoms with Gasteiger partial charge in [-0.15, -0.1) is 0 Å². The first-order chi connectivity index (χ1) is 14.1. The maximum atomic E-state index is 12.6. The van der Waals surface area contributed by atoms with E-state index in [1.165, 1.54) is 6.20 Å². The van der Waals surface area contributed by atoms with E-state index < -0.39 is 0 Å². The molecule has 0 spiro atoms. The van der Waals surface area contributed by atoms with Crippen LogP contribution in [0.3, 0.4) is 0 Å². The first-order valence-electron chi connectivity index (χ1n) is 9.10. The third kappa shape index (κ3) is 4.32. The van der Waals surface area contributed by atoms with Crippen LogP contribution in [-0.2, 0) is 0 Å². The van der Waals surface area contributed by atoms with Crippen molar-refractivity contribution in [2.24, 2.45) is 0 Å². The number of nitrogens with one attached hydrogen (secondary N) is 1. The molecule has 1 N–H and O–H groups in total. The number of carbonyl (C=O) groups excluding carboxylic acids is 1. The van der Waals surface area contributed by atoms with Gasteiger partial charge in [0.1, 0.15) is 12.2 Å². The average molecular weight is 390 g/mol. The molecular formula is C20H18N6O3. The van der Waals surface area contributed by atoms with Gasteiger partial charge >= 0.3 is 6.03 Å². The van der Waals surface area contributed by atoms with Gasteiger partial charge in [-0.1, -0.05) is 17.3 Å². The molecule has 0 saturated carbocycles. The fraction of sp³-hybridized carbons (Fsp3) is 0.250. The molecule has 4 rings (SSSR count). The van der Waals surface area contributed by atoms with E-state index in [-0.39, 0.29) is 12.1 Å². The van der Waals surface area contributed by atoms with Crippen molar-refractivity contribution >= 4 is 11.7 Å². The smallest absolute Gasteiger partial charge is 0.321 e. The zero-order chi connectivity index (χ0) is 20.2. The molecule has 3 aromatic rings. The second-order valence-corrected chi connectivity index (χ2v) is 6.62. The highest BCUT2D eigenvalue weighted by Crippen LogP contribution is 2.22. The molecule has 29 heavy (non-hydrogen) atoms. The Bertz CT molecular complexity index is 1060. The minimum atomic E-state index is -0.203. The summed E-state index contributed by atoms with van der Waals surface area (Å²) in [6, 6.07) is 12.4. The predicted octanol–water partition coefficient (Wildman–Crippen LogP) is 3.00. The van der Waals surface area contributed by atoms with Crippen LogP contribution in [-0.4, -0.2) is 45.2 Å². The van der Waals surface area contributed by atoms with Crippen LogP contribution in [0.25, 0.3) is 11.4 Å². The molecule has 1 fully saturated rings. The molecule has 1 aliphatic rings. The Kier molecular flexibility index (Phi) is 5.07. The quantitative estimate of drug-likeness (QED) is 0.727. The number of likely N-dealkylation sites (tertiary alicyclic amines) is 1. The second-order valence-electron chi connectivity index (χ2n) is 6.62. The van der Waals surface area contributed by atoms with Gasteiger partial charge in [0, 0.05) is 43.4 Å². The number of amides is 2. The fourth-order valence-electron chi connectivity index (χ4n) is 3.05. The lowest BCUT2D eigenvalue weighted by Gasteiger charge is -2.18. The summed E-state index contributed by atoms with van der Waals surface area (Å²) in [6.45, 7) is 2.76. The summed E-state index contributed by atoms with van der Waals surface area (Å²) in [5.41, 5.74) is 1.88. The molecule has 146 valence electrons. The highest BCUT2D eigenvalue weighted by Gasteiger charge is 2.28. The largest absolute Gasteiger partial charge is 0.472 e. The van der Waals surface area contributed by atoms with E-state index in [4.69, 9.17) is 14.5 Å². The zero-order valence-electron chi connectivity index (χ0n) is 15.7. The number of aromatic nitrogens is 3. The number of nitriles is 1. The summed E-state index contributed by atoms with van der Waals surface area (Å²) < 4.78 is 10.8. The molecule has 2 aromatic heterocycles. The van der Waals surface area contributed by atoms with E-state index in [1.54, 1.807) is 36.1 Å². The number of urea groups is 1. The van der Waals surface area contributed by atoms with Crippen LogP contribution in [0.1, 0.15) is 17.9 Å². The third-order valence-electron chi connectivity index (χ3n) is 4.48. The molecule has 2 amide bonds. The summed E-state index contributed by atoms with van der Waals surface area (Å²) in [5, 5.41) is 15.6. The van der Waals surface area contributed by atoms with E-state index >= 15 is 0 Å². The van der Waals surface area contributed by atoms with Crippen LogP contribution in [0.5, 0.6) is 5.88 Å². The maximum absolute atomic E-state index is 12.6. The Labute approximate surface area is 166 Å². The molecule has 1 atom stereocenters. The van der Waals surface area contributed by atoms with Gasteiger partial charge in [0.05, 0.1) is 12.1 Å². The van der Waals surface area contributed by atoms with Crippen LogP contribution < -0.4 is 10.1 Å². The van der Waals surface area contributed by atoms with Crippen molar-refractivity contribution in [3.63, 3.8) is 0 Å². The number of carbonyl (C=O) groups is 1. The minimum absolute atomic E-state index is 0.144. The first-order valence-corrected chi connectivity index (χ1v) is 9.10. The van der Waals surface area contributed by atoms with Crippen molar-refractivity contribution in [2.75, 3.05) is 18.4 Å². The van der Waals surface area contributed by atoms with E-state index in [9.17, 15) is 4.79 Å². The SMILES string of the molecule is Cc1nc(-c2cccc(NC(=O)N3CCC(Oc4ccc(C#N)cn4)C3)c2)no1. The highest BCUT2D eigenvalue weighted by atomic mass is 16.5. The summed E-state index contributed by atoms with van der Waals surface area (Å²) in [4.78, 5) is 22.6. The molecule has 1 aliphatic heterocycles. The highest BCUT2D eigenvalue weighted by molar-refractivity contribution is 5.90. The Morgan fingerprint density at radius 3 is 3.00 bits per heavy atom. The lowest BCUT2D eigenvalue weighted by atomic mass is 10.2. The summed E-state index contributed by atoms with van der Waals surface area (Å²) >= 11 is 0. The lowest BCUT2D eigenvalue weighted by molar-refractivity contribution is 0.190. The molecular weight excluding hydrogens is 372 g/mol. The zero-order valence-corrected chi connectivity index (χ0v) is 15.7. The van der Waals surface area contributed by atoms with Crippen molar-refractivity contribution in [3.05, 3.63) is 54.0 Å². The predicted molar refractivity (Wildman–Crippen MR) is 103 cm³/mol. The van der Waals surface area contributed by atoms with Crippen molar-refractivity contribution in [3.8, 4) is 23.3 Å². The van der Waals surface area contributed by atoms with Gasteiger partial charge in [0.2, 0.25) is 17.6 Å². The Hall–Kier alpha value is -3.93. The van der Waals surface area contributed by atoms with E-state index in [2.05, 4.69) is 20.4 Å². The lowest BCUT2D eigenvalue weighted by Crippen LogP contribution is -2.34. The fourth-order valence-corrected chi connectivity index (χ4v) is 3.05. The average Bonchev–Trinajstić information content (AvgIpc) is 3.38. The van der Waals surface area contributed by atoms with Gasteiger partial charge < -0.3 is 19.5 Å². The van der Waals surface area contributed by atoms with Crippen molar-refractivity contribution < 1.29 is 14.1 Å². The van der Waals surface area contributed by atoms with Crippen molar-refractivity contribution in [1.29, 1.82) is 5.26 Å². The van der Waals surface area contributed by atoms with Gasteiger partial charge in [-0.05, 0) is 18.2 Å². The molecule has 0 aliphatic carbocycles. The molecule has 0 radical (unpaired) electrons. The van der Waals surface area contributed by atoms with E-state index in [0.29, 0.717) is 48.4 Å². The van der Waals surface area contributed by atoms with Crippen LogP contribution in [0, 0.1) is 18.3 Å². The maximum Gasteiger partial charge on any atom is 0.321 e. The Morgan fingerprint density at radius 1 is 1.38 bits per heavy atom. The molecule has 9 nitrogen and oxygen atoms in total. The number of nitrogens with zero attached hydrogens (tertiary/aromatic N) is 5. The summed E-state index contributed by atoms with van der Waals surface area (Å²) in [7, 11) is 0. The van der Waals surface area contributed by atoms with Crippen LogP contribution in [0.15, 0.2) is 47.1 Å². The second kappa shape index (κ2) is 7.98. The van der Waals surface area contributed by atoms with Gasteiger partial charge in [-0.3, -0.25) is 0 Å². The number of ether oxygens (including phenoxy) is 1. The van der Waals surface area contributed by atoms with Crippen LogP contribution >= 0.6 is 0 Å². The van der Waals surface area contributed by atoms with E-state index in [1.807, 2.05) is 18.2 Å². The number of anilines is 1. The standard InChI is InChI=1S/C20H18N6O3/c1-13-23-19(25-29-13)15-3-2-4-16(9-15)24-20(27)26-8-7-17(12-26)28-18-6-5-14(10-21)11-22-18/h2-6,9,11,17H,7-8,12H2,1H3,(H,24,27). The Balaban J connectivity index is 1.35. The Morgan fingerprint density at radius 2 is 2.28 bits per heavy atom.